The molecule has 62 heavy (non-hydrogen) atoms. The maximum absolute atomic E-state index is 6.21. The van der Waals surface area contributed by atoms with Crippen LogP contribution in [0.25, 0.3) is 117 Å². The molecule has 0 N–H and O–H groups in total. The van der Waals surface area contributed by atoms with Crippen LogP contribution >= 0.6 is 0 Å². The van der Waals surface area contributed by atoms with Crippen molar-refractivity contribution in [2.75, 3.05) is 0 Å². The van der Waals surface area contributed by atoms with Gasteiger partial charge < -0.3 is 4.42 Å². The zero-order valence-electron chi connectivity index (χ0n) is 33.5. The molecule has 0 aliphatic heterocycles. The third-order valence-corrected chi connectivity index (χ3v) is 11.9. The van der Waals surface area contributed by atoms with Gasteiger partial charge in [0.05, 0.1) is 22.6 Å². The molecule has 0 fully saturated rings. The van der Waals surface area contributed by atoms with Crippen LogP contribution in [0, 0.1) is 0 Å². The zero-order chi connectivity index (χ0) is 41.0. The normalized spacial score (nSPS) is 11.5. The van der Waals surface area contributed by atoms with Gasteiger partial charge in [-0.15, -0.1) is 0 Å². The molecule has 8 aromatic carbocycles. The summed E-state index contributed by atoms with van der Waals surface area (Å²) in [7, 11) is 0. The van der Waals surface area contributed by atoms with Crippen LogP contribution in [0.1, 0.15) is 0 Å². The summed E-state index contributed by atoms with van der Waals surface area (Å²) in [5.41, 5.74) is 16.1. The monoisotopic (exact) mass is 792 g/mol. The topological polar surface area (TPSA) is 56.2 Å². The van der Waals surface area contributed by atoms with E-state index in [0.717, 1.165) is 106 Å². The predicted octanol–water partition coefficient (Wildman–Crippen LogP) is 14.8. The van der Waals surface area contributed by atoms with Crippen molar-refractivity contribution >= 4 is 38.2 Å². The van der Waals surface area contributed by atoms with Gasteiger partial charge in [0.25, 0.3) is 0 Å². The minimum atomic E-state index is 0.665. The Morgan fingerprint density at radius 2 is 0.935 bits per heavy atom. The number of pyridine rings is 1. The number of furan rings is 1. The molecule has 0 aliphatic carbocycles. The van der Waals surface area contributed by atoms with Gasteiger partial charge in [0, 0.05) is 49.5 Å². The standard InChI is InChI=1S/C57H36N4O/c1-4-15-38(16-5-1)48-36-49(59-57(58-48)43-33-27-37(28-34-43)45-24-14-26-52-54(45)47-23-12-13-25-51(47)62-52)39-29-31-41(32-30-39)53-55(42-19-8-3-9-20-42)60-61-50(40-17-6-2-7-18-40)35-44-21-10-11-22-46(44)56(53)61/h1-36H. The third kappa shape index (κ3) is 6.06. The van der Waals surface area contributed by atoms with Crippen molar-refractivity contribution in [1.82, 2.24) is 19.6 Å². The number of rotatable bonds is 7. The van der Waals surface area contributed by atoms with Gasteiger partial charge in [-0.25, -0.2) is 14.5 Å². The Morgan fingerprint density at radius 3 is 1.66 bits per heavy atom. The highest BCUT2D eigenvalue weighted by Crippen LogP contribution is 2.42. The molecule has 5 heteroatoms. The molecule has 5 nitrogen and oxygen atoms in total. The average Bonchev–Trinajstić information content (AvgIpc) is 3.95. The second-order valence-corrected chi connectivity index (χ2v) is 15.6. The molecule has 4 aromatic heterocycles. The summed E-state index contributed by atoms with van der Waals surface area (Å²) >= 11 is 0. The van der Waals surface area contributed by atoms with Gasteiger partial charge in [-0.2, -0.15) is 5.10 Å². The highest BCUT2D eigenvalue weighted by molar-refractivity contribution is 6.12. The molecule has 0 aliphatic rings. The minimum absolute atomic E-state index is 0.665. The summed E-state index contributed by atoms with van der Waals surface area (Å²) in [5.74, 6) is 0.665. The van der Waals surface area contributed by atoms with E-state index < -0.39 is 0 Å². The van der Waals surface area contributed by atoms with E-state index in [2.05, 4.69) is 187 Å². The lowest BCUT2D eigenvalue weighted by atomic mass is 9.95. The van der Waals surface area contributed by atoms with Crippen molar-refractivity contribution in [3.63, 3.8) is 0 Å². The SMILES string of the molecule is c1ccc(-c2cc(-c3ccc(-c4c(-c5ccccc5)nn5c(-c6ccccc6)cc6ccccc6c45)cc3)nc(-c3ccc(-c4cccc5oc6ccccc6c45)cc3)n2)cc1. The van der Waals surface area contributed by atoms with Gasteiger partial charge in [-0.05, 0) is 46.3 Å². The van der Waals surface area contributed by atoms with Crippen LogP contribution < -0.4 is 0 Å². The Kier molecular flexibility index (Phi) is 8.42. The van der Waals surface area contributed by atoms with Crippen LogP contribution in [0.4, 0.5) is 0 Å². The molecule has 12 aromatic rings. The van der Waals surface area contributed by atoms with Crippen LogP contribution in [0.15, 0.2) is 223 Å². The molecule has 0 spiro atoms. The van der Waals surface area contributed by atoms with Crippen LogP contribution in [0.2, 0.25) is 0 Å². The fourth-order valence-electron chi connectivity index (χ4n) is 8.88. The van der Waals surface area contributed by atoms with Crippen molar-refractivity contribution in [2.24, 2.45) is 0 Å². The average molecular weight is 793 g/mol. The van der Waals surface area contributed by atoms with E-state index in [1.165, 1.54) is 5.39 Å². The second-order valence-electron chi connectivity index (χ2n) is 15.6. The molecule has 4 heterocycles. The Labute approximate surface area is 357 Å². The van der Waals surface area contributed by atoms with Gasteiger partial charge >= 0.3 is 0 Å². The smallest absolute Gasteiger partial charge is 0.160 e. The van der Waals surface area contributed by atoms with Gasteiger partial charge in [-0.1, -0.05) is 194 Å². The Balaban J connectivity index is 0.988. The fraction of sp³-hybridized carbons (Fsp3) is 0. The van der Waals surface area contributed by atoms with Crippen molar-refractivity contribution < 1.29 is 4.42 Å². The molecule has 0 radical (unpaired) electrons. The zero-order valence-corrected chi connectivity index (χ0v) is 33.5. The van der Waals surface area contributed by atoms with E-state index in [0.29, 0.717) is 5.82 Å². The molecule has 0 bridgehead atoms. The van der Waals surface area contributed by atoms with Crippen LogP contribution in [-0.2, 0) is 0 Å². The van der Waals surface area contributed by atoms with Crippen molar-refractivity contribution in [2.45, 2.75) is 0 Å². The fourth-order valence-corrected chi connectivity index (χ4v) is 8.88. The molecule has 0 saturated carbocycles. The lowest BCUT2D eigenvalue weighted by Crippen LogP contribution is -1.96. The van der Waals surface area contributed by atoms with Gasteiger partial charge in [-0.3, -0.25) is 0 Å². The van der Waals surface area contributed by atoms with E-state index in [4.69, 9.17) is 19.5 Å². The summed E-state index contributed by atoms with van der Waals surface area (Å²) in [5, 5.41) is 9.94. The van der Waals surface area contributed by atoms with Gasteiger partial charge in [0.15, 0.2) is 5.82 Å². The number of benzene rings is 8. The molecular formula is C57H36N4O. The number of hydrogen-bond donors (Lipinski definition) is 0. The Bertz CT molecular complexity index is 3590. The number of aromatic nitrogens is 4. The quantitative estimate of drug-likeness (QED) is 0.161. The van der Waals surface area contributed by atoms with E-state index >= 15 is 0 Å². The van der Waals surface area contributed by atoms with Gasteiger partial charge in [0.1, 0.15) is 16.9 Å². The molecule has 0 unspecified atom stereocenters. The Morgan fingerprint density at radius 1 is 0.387 bits per heavy atom. The first-order chi connectivity index (χ1) is 30.7. The van der Waals surface area contributed by atoms with Crippen molar-refractivity contribution in [3.8, 4) is 78.7 Å². The first-order valence-corrected chi connectivity index (χ1v) is 20.9. The minimum Gasteiger partial charge on any atom is -0.456 e. The largest absolute Gasteiger partial charge is 0.456 e. The van der Waals surface area contributed by atoms with Crippen LogP contribution in [-0.4, -0.2) is 19.6 Å². The second kappa shape index (κ2) is 14.7. The molecular weight excluding hydrogens is 757 g/mol. The van der Waals surface area contributed by atoms with E-state index in [-0.39, 0.29) is 0 Å². The van der Waals surface area contributed by atoms with E-state index in [1.54, 1.807) is 0 Å². The van der Waals surface area contributed by atoms with E-state index in [9.17, 15) is 0 Å². The number of nitrogens with zero attached hydrogens (tertiary/aromatic N) is 4. The predicted molar refractivity (Wildman–Crippen MR) is 254 cm³/mol. The summed E-state index contributed by atoms with van der Waals surface area (Å²) in [6, 6.07) is 76.1. The molecule has 12 rings (SSSR count). The molecule has 0 saturated heterocycles. The lowest BCUT2D eigenvalue weighted by Gasteiger charge is -2.12. The summed E-state index contributed by atoms with van der Waals surface area (Å²) in [6.45, 7) is 0. The van der Waals surface area contributed by atoms with Gasteiger partial charge in [0.2, 0.25) is 0 Å². The maximum atomic E-state index is 6.21. The lowest BCUT2D eigenvalue weighted by molar-refractivity contribution is 0.669. The molecule has 290 valence electrons. The highest BCUT2D eigenvalue weighted by atomic mass is 16.3. The molecule has 0 atom stereocenters. The summed E-state index contributed by atoms with van der Waals surface area (Å²) in [6.07, 6.45) is 0. The van der Waals surface area contributed by atoms with Crippen LogP contribution in [0.3, 0.4) is 0 Å². The van der Waals surface area contributed by atoms with Crippen molar-refractivity contribution in [3.05, 3.63) is 218 Å². The Hall–Kier alpha value is -8.41. The summed E-state index contributed by atoms with van der Waals surface area (Å²) < 4.78 is 8.34. The first-order valence-electron chi connectivity index (χ1n) is 20.9. The number of hydrogen-bond acceptors (Lipinski definition) is 4. The third-order valence-electron chi connectivity index (χ3n) is 11.9. The summed E-state index contributed by atoms with van der Waals surface area (Å²) in [4.78, 5) is 10.4. The number of para-hydroxylation sites is 1. The number of fused-ring (bicyclic) bond motifs is 6. The maximum Gasteiger partial charge on any atom is 0.160 e. The van der Waals surface area contributed by atoms with Crippen molar-refractivity contribution in [1.29, 1.82) is 0 Å². The molecule has 0 amide bonds. The van der Waals surface area contributed by atoms with Crippen LogP contribution in [0.5, 0.6) is 0 Å². The first kappa shape index (κ1) is 35.5. The van der Waals surface area contributed by atoms with E-state index in [1.807, 2.05) is 36.4 Å². The highest BCUT2D eigenvalue weighted by Gasteiger charge is 2.22.